The first-order chi connectivity index (χ1) is 10.6. The van der Waals surface area contributed by atoms with Crippen molar-refractivity contribution in [3.63, 3.8) is 0 Å². The number of carbonyl (C=O) groups is 1. The first-order valence-electron chi connectivity index (χ1n) is 6.51. The molecule has 0 bridgehead atoms. The van der Waals surface area contributed by atoms with Crippen LogP contribution in [0.1, 0.15) is 15.4 Å². The molecule has 22 heavy (non-hydrogen) atoms. The molecule has 0 radical (unpaired) electrons. The number of rotatable bonds is 4. The minimum atomic E-state index is -0.104. The lowest BCUT2D eigenvalue weighted by molar-refractivity contribution is 0.0777. The van der Waals surface area contributed by atoms with Gasteiger partial charge >= 0.3 is 0 Å². The first kappa shape index (κ1) is 14.7. The molecule has 0 fully saturated rings. The van der Waals surface area contributed by atoms with Gasteiger partial charge in [-0.15, -0.1) is 11.3 Å². The molecule has 1 amide bonds. The molecule has 0 aliphatic carbocycles. The summed E-state index contributed by atoms with van der Waals surface area (Å²) in [6, 6.07) is 10.8. The first-order valence-corrected chi connectivity index (χ1v) is 7.71. The van der Waals surface area contributed by atoms with Crippen molar-refractivity contribution in [3.05, 3.63) is 57.6 Å². The van der Waals surface area contributed by atoms with E-state index >= 15 is 0 Å². The Morgan fingerprint density at radius 1 is 1.32 bits per heavy atom. The average Bonchev–Trinajstić information content (AvgIpc) is 3.16. The Balaban J connectivity index is 1.71. The predicted molar refractivity (Wildman–Crippen MR) is 84.9 cm³/mol. The predicted octanol–water partition coefficient (Wildman–Crippen LogP) is 3.72. The zero-order chi connectivity index (χ0) is 15.5. The summed E-state index contributed by atoms with van der Waals surface area (Å²) < 4.78 is 5.87. The molecule has 0 atom stereocenters. The summed E-state index contributed by atoms with van der Waals surface area (Å²) in [6.45, 7) is 0.328. The molecular weight excluding hydrogens is 322 g/mol. The molecule has 0 aliphatic rings. The number of halogens is 1. The summed E-state index contributed by atoms with van der Waals surface area (Å²) in [7, 11) is 1.71. The van der Waals surface area contributed by atoms with Crippen LogP contribution >= 0.6 is 22.9 Å². The number of nitrogens with zero attached hydrogens (tertiary/aromatic N) is 3. The van der Waals surface area contributed by atoms with E-state index in [1.165, 1.54) is 11.3 Å². The normalized spacial score (nSPS) is 10.6. The van der Waals surface area contributed by atoms with Crippen molar-refractivity contribution in [3.8, 4) is 11.4 Å². The lowest BCUT2D eigenvalue weighted by Gasteiger charge is -2.13. The van der Waals surface area contributed by atoms with E-state index in [0.29, 0.717) is 27.2 Å². The summed E-state index contributed by atoms with van der Waals surface area (Å²) in [5.74, 6) is 0.492. The standard InChI is InChI=1S/C15H12ClN3O2S/c1-19(15(20)13-5-6-14(16)22-13)9-10-8-12(18-21-10)11-4-2-3-7-17-11/h2-8H,9H2,1H3. The van der Waals surface area contributed by atoms with Gasteiger partial charge in [0, 0.05) is 19.3 Å². The van der Waals surface area contributed by atoms with Crippen LogP contribution in [0.3, 0.4) is 0 Å². The number of amides is 1. The van der Waals surface area contributed by atoms with E-state index in [-0.39, 0.29) is 5.91 Å². The maximum atomic E-state index is 12.2. The van der Waals surface area contributed by atoms with Gasteiger partial charge in [0.2, 0.25) is 0 Å². The molecule has 3 aromatic heterocycles. The van der Waals surface area contributed by atoms with Gasteiger partial charge in [-0.3, -0.25) is 9.78 Å². The van der Waals surface area contributed by atoms with Crippen molar-refractivity contribution in [2.75, 3.05) is 7.05 Å². The van der Waals surface area contributed by atoms with Crippen molar-refractivity contribution in [2.45, 2.75) is 6.54 Å². The summed E-state index contributed by atoms with van der Waals surface area (Å²) in [4.78, 5) is 18.6. The number of hydrogen-bond donors (Lipinski definition) is 0. The zero-order valence-electron chi connectivity index (χ0n) is 11.7. The number of pyridine rings is 1. The Morgan fingerprint density at radius 2 is 2.18 bits per heavy atom. The van der Waals surface area contributed by atoms with Gasteiger partial charge in [0.15, 0.2) is 5.76 Å². The molecular formula is C15H12ClN3O2S. The third-order valence-electron chi connectivity index (χ3n) is 3.01. The van der Waals surface area contributed by atoms with Gasteiger partial charge in [0.1, 0.15) is 5.69 Å². The second-order valence-electron chi connectivity index (χ2n) is 4.66. The molecule has 112 valence electrons. The van der Waals surface area contributed by atoms with Gasteiger partial charge in [-0.05, 0) is 24.3 Å². The lowest BCUT2D eigenvalue weighted by atomic mass is 10.2. The molecule has 0 spiro atoms. The van der Waals surface area contributed by atoms with Crippen LogP contribution in [-0.2, 0) is 6.54 Å². The molecule has 0 aromatic carbocycles. The highest BCUT2D eigenvalue weighted by molar-refractivity contribution is 7.17. The third kappa shape index (κ3) is 3.18. The Kier molecular flexibility index (Phi) is 4.22. The van der Waals surface area contributed by atoms with E-state index in [0.717, 1.165) is 5.69 Å². The van der Waals surface area contributed by atoms with Crippen LogP contribution in [0.2, 0.25) is 4.34 Å². The van der Waals surface area contributed by atoms with E-state index in [9.17, 15) is 4.79 Å². The van der Waals surface area contributed by atoms with Crippen LogP contribution < -0.4 is 0 Å². The second-order valence-corrected chi connectivity index (χ2v) is 6.37. The highest BCUT2D eigenvalue weighted by Crippen LogP contribution is 2.23. The molecule has 3 aromatic rings. The van der Waals surface area contributed by atoms with Crippen molar-refractivity contribution in [2.24, 2.45) is 0 Å². The largest absolute Gasteiger partial charge is 0.359 e. The van der Waals surface area contributed by atoms with Crippen molar-refractivity contribution >= 4 is 28.8 Å². The molecule has 0 unspecified atom stereocenters. The minimum absolute atomic E-state index is 0.104. The van der Waals surface area contributed by atoms with E-state index in [4.69, 9.17) is 16.1 Å². The smallest absolute Gasteiger partial charge is 0.264 e. The quantitative estimate of drug-likeness (QED) is 0.730. The van der Waals surface area contributed by atoms with Crippen LogP contribution in [0.5, 0.6) is 0 Å². The highest BCUT2D eigenvalue weighted by atomic mass is 35.5. The van der Waals surface area contributed by atoms with Crippen LogP contribution in [0.25, 0.3) is 11.4 Å². The maximum absolute atomic E-state index is 12.2. The van der Waals surface area contributed by atoms with Gasteiger partial charge in [-0.25, -0.2) is 0 Å². The van der Waals surface area contributed by atoms with Crippen LogP contribution in [0.4, 0.5) is 0 Å². The van der Waals surface area contributed by atoms with Gasteiger partial charge in [0.25, 0.3) is 5.91 Å². The molecule has 0 aliphatic heterocycles. The summed E-state index contributed by atoms with van der Waals surface area (Å²) in [5.41, 5.74) is 1.38. The Morgan fingerprint density at radius 3 is 2.86 bits per heavy atom. The molecule has 0 saturated heterocycles. The molecule has 0 N–H and O–H groups in total. The van der Waals surface area contributed by atoms with Crippen LogP contribution in [0, 0.1) is 0 Å². The molecule has 3 heterocycles. The summed E-state index contributed by atoms with van der Waals surface area (Å²) in [5, 5.41) is 3.98. The molecule has 3 rings (SSSR count). The van der Waals surface area contributed by atoms with Crippen LogP contribution in [-0.4, -0.2) is 28.0 Å². The summed E-state index contributed by atoms with van der Waals surface area (Å²) in [6.07, 6.45) is 1.69. The second kappa shape index (κ2) is 6.29. The monoisotopic (exact) mass is 333 g/mol. The Bertz CT molecular complexity index is 785. The fourth-order valence-corrected chi connectivity index (χ4v) is 2.98. The highest BCUT2D eigenvalue weighted by Gasteiger charge is 2.16. The fraction of sp³-hybridized carbons (Fsp3) is 0.133. The molecule has 7 heteroatoms. The zero-order valence-corrected chi connectivity index (χ0v) is 13.3. The van der Waals surface area contributed by atoms with E-state index in [2.05, 4.69) is 10.1 Å². The maximum Gasteiger partial charge on any atom is 0.264 e. The van der Waals surface area contributed by atoms with Gasteiger partial charge in [-0.1, -0.05) is 22.8 Å². The van der Waals surface area contributed by atoms with E-state index in [1.54, 1.807) is 36.3 Å². The number of thiophene rings is 1. The van der Waals surface area contributed by atoms with Gasteiger partial charge in [-0.2, -0.15) is 0 Å². The Hall–Kier alpha value is -2.18. The lowest BCUT2D eigenvalue weighted by Crippen LogP contribution is -2.25. The SMILES string of the molecule is CN(Cc1cc(-c2ccccn2)no1)C(=O)c1ccc(Cl)s1. The number of carbonyl (C=O) groups excluding carboxylic acids is 1. The van der Waals surface area contributed by atoms with E-state index in [1.807, 2.05) is 18.2 Å². The van der Waals surface area contributed by atoms with E-state index < -0.39 is 0 Å². The minimum Gasteiger partial charge on any atom is -0.359 e. The van der Waals surface area contributed by atoms with Crippen molar-refractivity contribution < 1.29 is 9.32 Å². The molecule has 5 nitrogen and oxygen atoms in total. The topological polar surface area (TPSA) is 59.2 Å². The van der Waals surface area contributed by atoms with Gasteiger partial charge in [0.05, 0.1) is 21.5 Å². The average molecular weight is 334 g/mol. The van der Waals surface area contributed by atoms with Crippen molar-refractivity contribution in [1.29, 1.82) is 0 Å². The van der Waals surface area contributed by atoms with Crippen LogP contribution in [0.15, 0.2) is 47.1 Å². The Labute approximate surface area is 136 Å². The number of hydrogen-bond acceptors (Lipinski definition) is 5. The third-order valence-corrected chi connectivity index (χ3v) is 4.23. The van der Waals surface area contributed by atoms with Gasteiger partial charge < -0.3 is 9.42 Å². The van der Waals surface area contributed by atoms with Crippen molar-refractivity contribution in [1.82, 2.24) is 15.0 Å². The molecule has 0 saturated carbocycles. The number of aromatic nitrogens is 2. The summed E-state index contributed by atoms with van der Waals surface area (Å²) >= 11 is 7.11. The fourth-order valence-electron chi connectivity index (χ4n) is 1.95.